The molecule has 0 aliphatic carbocycles. The Morgan fingerprint density at radius 1 is 0.793 bits per heavy atom. The van der Waals surface area contributed by atoms with E-state index in [1.54, 1.807) is 45.9 Å². The van der Waals surface area contributed by atoms with Crippen LogP contribution in [-0.2, 0) is 26.2 Å². The van der Waals surface area contributed by atoms with Gasteiger partial charge in [-0.25, -0.2) is 9.97 Å². The van der Waals surface area contributed by atoms with E-state index in [1.165, 1.54) is 36.1 Å². The predicted molar refractivity (Wildman–Crippen MR) is 215 cm³/mol. The fourth-order valence-corrected chi connectivity index (χ4v) is 6.52. The fraction of sp³-hybridized carbons (Fsp3) is 0.316. The highest BCUT2D eigenvalue weighted by molar-refractivity contribution is 6.07. The highest BCUT2D eigenvalue weighted by Gasteiger charge is 2.25. The first-order valence-corrected chi connectivity index (χ1v) is 18.4. The van der Waals surface area contributed by atoms with Gasteiger partial charge in [0.25, 0.3) is 11.8 Å². The number of allylic oxidation sites excluding steroid dienone is 2. The van der Waals surface area contributed by atoms with Crippen LogP contribution < -0.4 is 37.3 Å². The molecular weight excluding hydrogens is 751 g/mol. The lowest BCUT2D eigenvalue weighted by Gasteiger charge is -2.13. The molecule has 4 aromatic heterocycles. The minimum atomic E-state index is -0.706. The van der Waals surface area contributed by atoms with Crippen LogP contribution in [0.5, 0.6) is 11.5 Å². The molecule has 20 nitrogen and oxygen atoms in total. The van der Waals surface area contributed by atoms with Crippen molar-refractivity contribution in [2.45, 2.75) is 60.3 Å². The van der Waals surface area contributed by atoms with Crippen LogP contribution in [0.25, 0.3) is 22.1 Å². The zero-order valence-corrected chi connectivity index (χ0v) is 32.7. The van der Waals surface area contributed by atoms with Crippen LogP contribution in [0.3, 0.4) is 0 Å². The molecule has 0 saturated carbocycles. The average molecular weight is 796 g/mol. The number of ether oxygens (including phenoxy) is 2. The molecule has 0 saturated heterocycles. The summed E-state index contributed by atoms with van der Waals surface area (Å²) in [6, 6.07) is 7.65. The first-order valence-electron chi connectivity index (χ1n) is 18.4. The van der Waals surface area contributed by atoms with Crippen molar-refractivity contribution >= 4 is 63.3 Å². The molecule has 0 radical (unpaired) electrons. The summed E-state index contributed by atoms with van der Waals surface area (Å²) in [7, 11) is 1.44. The van der Waals surface area contributed by atoms with Gasteiger partial charge in [-0.15, -0.1) is 0 Å². The van der Waals surface area contributed by atoms with E-state index in [0.717, 1.165) is 0 Å². The lowest BCUT2D eigenvalue weighted by atomic mass is 10.1. The van der Waals surface area contributed by atoms with Crippen molar-refractivity contribution in [2.75, 3.05) is 36.7 Å². The number of nitrogen functional groups attached to an aromatic ring is 1. The minimum absolute atomic E-state index is 0.118. The lowest BCUT2D eigenvalue weighted by Crippen LogP contribution is -2.21. The van der Waals surface area contributed by atoms with Gasteiger partial charge in [0.05, 0.1) is 41.8 Å². The van der Waals surface area contributed by atoms with Gasteiger partial charge in [-0.2, -0.15) is 10.2 Å². The molecule has 6 rings (SSSR count). The number of hydrogen-bond donors (Lipinski definition) is 6. The van der Waals surface area contributed by atoms with Crippen LogP contribution >= 0.6 is 0 Å². The van der Waals surface area contributed by atoms with E-state index in [1.807, 2.05) is 13.8 Å². The monoisotopic (exact) mass is 795 g/mol. The van der Waals surface area contributed by atoms with E-state index < -0.39 is 23.6 Å². The predicted octanol–water partition coefficient (Wildman–Crippen LogP) is 2.75. The number of primary amides is 2. The van der Waals surface area contributed by atoms with Crippen LogP contribution in [0.4, 0.5) is 17.6 Å². The van der Waals surface area contributed by atoms with Gasteiger partial charge in [0, 0.05) is 50.3 Å². The molecule has 0 spiro atoms. The Morgan fingerprint density at radius 3 is 1.88 bits per heavy atom. The summed E-state index contributed by atoms with van der Waals surface area (Å²) >= 11 is 0. The zero-order chi connectivity index (χ0) is 41.8. The molecule has 4 heterocycles. The van der Waals surface area contributed by atoms with Crippen LogP contribution in [0.15, 0.2) is 42.5 Å². The zero-order valence-electron chi connectivity index (χ0n) is 32.7. The van der Waals surface area contributed by atoms with Crippen LogP contribution in [0, 0.1) is 13.8 Å². The number of carbonyl (C=O) groups excluding carboxylic acids is 4. The first kappa shape index (κ1) is 40.4. The number of aliphatic hydroxyl groups is 1. The molecule has 0 atom stereocenters. The summed E-state index contributed by atoms with van der Waals surface area (Å²) in [6.45, 7) is 8.28. The number of aromatic nitrogens is 8. The Morgan fingerprint density at radius 2 is 1.34 bits per heavy atom. The Bertz CT molecular complexity index is 2600. The van der Waals surface area contributed by atoms with Gasteiger partial charge in [-0.05, 0) is 58.0 Å². The third-order valence-electron chi connectivity index (χ3n) is 9.28. The molecule has 58 heavy (non-hydrogen) atoms. The number of methoxy groups -OCH3 is 1. The van der Waals surface area contributed by atoms with Gasteiger partial charge < -0.3 is 40.9 Å². The number of anilines is 3. The number of fused-ring (bicyclic) bond motifs is 2. The summed E-state index contributed by atoms with van der Waals surface area (Å²) < 4.78 is 18.1. The van der Waals surface area contributed by atoms with Crippen molar-refractivity contribution in [3.8, 4) is 11.5 Å². The summed E-state index contributed by atoms with van der Waals surface area (Å²) in [5.41, 5.74) is 21.2. The summed E-state index contributed by atoms with van der Waals surface area (Å²) in [5.74, 6) is -1.61. The SMILES string of the molecule is CCn1nc(C)cc1C(=O)Nc1nc2cc(C(N)=O)cc(OCCCO)c2n1C/C=C/Cn1c(NC(=O)c2c(N)c(C)nn2CC)nc2cc(C(N)=O)cc(OC)c21. The molecule has 6 aromatic rings. The number of nitrogens with two attached hydrogens (primary N) is 3. The second-order valence-electron chi connectivity index (χ2n) is 13.2. The Kier molecular flexibility index (Phi) is 11.8. The van der Waals surface area contributed by atoms with Gasteiger partial charge in [-0.3, -0.25) is 39.2 Å². The Hall–Kier alpha value is -7.22. The number of nitrogens with zero attached hydrogens (tertiary/aromatic N) is 8. The van der Waals surface area contributed by atoms with Crippen molar-refractivity contribution in [3.05, 3.63) is 76.4 Å². The Balaban J connectivity index is 1.42. The highest BCUT2D eigenvalue weighted by Crippen LogP contribution is 2.33. The molecule has 9 N–H and O–H groups in total. The van der Waals surface area contributed by atoms with Gasteiger partial charge in [0.2, 0.25) is 23.7 Å². The van der Waals surface area contributed by atoms with Crippen LogP contribution in [0.1, 0.15) is 73.3 Å². The Labute approximate surface area is 331 Å². The summed E-state index contributed by atoms with van der Waals surface area (Å²) in [5, 5.41) is 23.9. The normalized spacial score (nSPS) is 11.5. The number of aliphatic hydroxyl groups excluding tert-OH is 1. The maximum atomic E-state index is 13.7. The number of carbonyl (C=O) groups is 4. The number of hydrogen-bond acceptors (Lipinski definition) is 12. The number of benzene rings is 2. The second kappa shape index (κ2) is 16.9. The molecule has 304 valence electrons. The molecule has 0 unspecified atom stereocenters. The molecule has 20 heteroatoms. The molecule has 0 bridgehead atoms. The van der Waals surface area contributed by atoms with Gasteiger partial charge in [-0.1, -0.05) is 12.2 Å². The first-order chi connectivity index (χ1) is 27.8. The number of imidazole rings is 2. The fourth-order valence-electron chi connectivity index (χ4n) is 6.52. The number of nitrogens with one attached hydrogen (secondary N) is 2. The van der Waals surface area contributed by atoms with Gasteiger partial charge in [0.15, 0.2) is 0 Å². The third kappa shape index (κ3) is 7.89. The van der Waals surface area contributed by atoms with Crippen molar-refractivity contribution in [1.82, 2.24) is 38.7 Å². The molecule has 2 aromatic carbocycles. The minimum Gasteiger partial charge on any atom is -0.494 e. The molecular formula is C38H45N13O7. The summed E-state index contributed by atoms with van der Waals surface area (Å²) in [4.78, 5) is 61.2. The van der Waals surface area contributed by atoms with Crippen molar-refractivity contribution < 1.29 is 33.8 Å². The maximum Gasteiger partial charge on any atom is 0.278 e. The van der Waals surface area contributed by atoms with Crippen LogP contribution in [0.2, 0.25) is 0 Å². The smallest absolute Gasteiger partial charge is 0.278 e. The number of amides is 4. The second-order valence-corrected chi connectivity index (χ2v) is 13.2. The topological polar surface area (TPSA) is 280 Å². The van der Waals surface area contributed by atoms with Gasteiger partial charge >= 0.3 is 0 Å². The molecule has 0 aliphatic heterocycles. The largest absolute Gasteiger partial charge is 0.494 e. The van der Waals surface area contributed by atoms with E-state index in [2.05, 4.69) is 30.8 Å². The van der Waals surface area contributed by atoms with Crippen molar-refractivity contribution in [3.63, 3.8) is 0 Å². The van der Waals surface area contributed by atoms with Crippen molar-refractivity contribution in [2.24, 2.45) is 11.5 Å². The maximum absolute atomic E-state index is 13.7. The van der Waals surface area contributed by atoms with E-state index in [4.69, 9.17) is 26.7 Å². The molecule has 0 fully saturated rings. The molecule has 0 aliphatic rings. The number of aryl methyl sites for hydroxylation is 4. The van der Waals surface area contributed by atoms with E-state index >= 15 is 0 Å². The van der Waals surface area contributed by atoms with Gasteiger partial charge in [0.1, 0.15) is 33.9 Å². The third-order valence-corrected chi connectivity index (χ3v) is 9.28. The average Bonchev–Trinajstić information content (AvgIpc) is 3.93. The summed E-state index contributed by atoms with van der Waals surface area (Å²) in [6.07, 6.45) is 3.91. The lowest BCUT2D eigenvalue weighted by molar-refractivity contribution is 0.0991. The highest BCUT2D eigenvalue weighted by atomic mass is 16.5. The van der Waals surface area contributed by atoms with E-state index in [9.17, 15) is 24.3 Å². The standard InChI is InChI=1S/C38H45N13O7/c1-6-50-26(15-20(3)46-50)35(55)44-37-43-25-17-23(34(41)54)19-28(58-14-10-13-52)31(25)49(37)12-9-8-11-48-30-24(16-22(33(40)53)18-27(30)57-5)42-38(48)45-36(56)32-29(39)21(4)47-51(32)7-2/h8-9,15-19,52H,6-7,10-14,39H2,1-5H3,(H2,40,53)(H2,41,54)(H,42,45,56)(H,43,44,55)/b9-8+. The van der Waals surface area contributed by atoms with Crippen molar-refractivity contribution in [1.29, 1.82) is 0 Å². The van der Waals surface area contributed by atoms with E-state index in [0.29, 0.717) is 58.7 Å². The number of rotatable bonds is 17. The van der Waals surface area contributed by atoms with Crippen LogP contribution in [-0.4, -0.2) is 87.7 Å². The van der Waals surface area contributed by atoms with E-state index in [-0.39, 0.29) is 72.2 Å². The molecule has 4 amide bonds. The quantitative estimate of drug-likeness (QED) is 0.0574.